The van der Waals surface area contributed by atoms with Crippen molar-refractivity contribution in [1.82, 2.24) is 20.2 Å². The van der Waals surface area contributed by atoms with Crippen LogP contribution in [0.2, 0.25) is 0 Å². The number of nitrogens with one attached hydrogen (secondary N) is 3. The Hall–Kier alpha value is -4.57. The largest absolute Gasteiger partial charge is 0.393 e. The minimum absolute atomic E-state index is 0.0184. The van der Waals surface area contributed by atoms with Crippen LogP contribution in [0.4, 0.5) is 23.1 Å². The lowest BCUT2D eigenvalue weighted by atomic mass is 9.89. The second-order valence-corrected chi connectivity index (χ2v) is 17.6. The maximum absolute atomic E-state index is 12.7. The van der Waals surface area contributed by atoms with E-state index in [1.807, 2.05) is 36.1 Å². The van der Waals surface area contributed by atoms with Crippen LogP contribution in [0, 0.1) is 12.8 Å². The van der Waals surface area contributed by atoms with Crippen molar-refractivity contribution in [2.75, 3.05) is 41.7 Å². The molecule has 4 heterocycles. The number of hydrogen-bond acceptors (Lipinski definition) is 10. The Balaban J connectivity index is 0.000000153. The number of anilines is 4. The number of nitrogens with zero attached hydrogens (tertiary/aromatic N) is 4. The third-order valence-electron chi connectivity index (χ3n) is 12.4. The molecule has 2 aromatic carbocycles. The molecule has 14 nitrogen and oxygen atoms in total. The van der Waals surface area contributed by atoms with Crippen LogP contribution in [0.15, 0.2) is 53.6 Å². The molecule has 3 aliphatic heterocycles. The molecule has 2 atom stereocenters. The van der Waals surface area contributed by atoms with Crippen molar-refractivity contribution in [2.24, 2.45) is 11.1 Å². The lowest BCUT2D eigenvalue weighted by Gasteiger charge is -2.37. The van der Waals surface area contributed by atoms with Gasteiger partial charge in [0.05, 0.1) is 28.9 Å². The van der Waals surface area contributed by atoms with Crippen LogP contribution in [0.25, 0.3) is 0 Å². The molecular formula is C43H56N8O6S. The fourth-order valence-corrected chi connectivity index (χ4v) is 9.24. The maximum Gasteiger partial charge on any atom is 0.241 e. The smallest absolute Gasteiger partial charge is 0.241 e. The summed E-state index contributed by atoms with van der Waals surface area (Å²) in [5.41, 5.74) is 3.98. The Kier molecular flexibility index (Phi) is 13.3. The molecular weight excluding hydrogens is 757 g/mol. The van der Waals surface area contributed by atoms with Gasteiger partial charge >= 0.3 is 0 Å². The van der Waals surface area contributed by atoms with Gasteiger partial charge in [-0.1, -0.05) is 50.7 Å². The number of piperazine rings is 1. The number of imide groups is 1. The van der Waals surface area contributed by atoms with Gasteiger partial charge < -0.3 is 20.6 Å². The summed E-state index contributed by atoms with van der Waals surface area (Å²) in [7, 11) is -1.51. The second-order valence-electron chi connectivity index (χ2n) is 16.6. The number of amides is 4. The Morgan fingerprint density at radius 1 is 0.914 bits per heavy atom. The minimum atomic E-state index is -1.51. The number of aromatic nitrogens is 2. The predicted molar refractivity (Wildman–Crippen MR) is 223 cm³/mol. The zero-order valence-electron chi connectivity index (χ0n) is 33.3. The summed E-state index contributed by atoms with van der Waals surface area (Å²) in [6.45, 7) is 5.05. The van der Waals surface area contributed by atoms with Crippen molar-refractivity contribution in [3.8, 4) is 0 Å². The topological polar surface area (TPSA) is 200 Å². The van der Waals surface area contributed by atoms with Crippen molar-refractivity contribution in [2.45, 2.75) is 119 Å². The first-order valence-corrected chi connectivity index (χ1v) is 22.1. The highest BCUT2D eigenvalue weighted by Crippen LogP contribution is 2.54. The summed E-state index contributed by atoms with van der Waals surface area (Å²) >= 11 is 0. The maximum atomic E-state index is 12.7. The van der Waals surface area contributed by atoms with Gasteiger partial charge in [-0.3, -0.25) is 29.4 Å². The summed E-state index contributed by atoms with van der Waals surface area (Å²) in [5.74, 6) is 1.20. The molecule has 2 saturated heterocycles. The molecule has 310 valence electrons. The molecule has 3 aliphatic carbocycles. The van der Waals surface area contributed by atoms with Crippen LogP contribution >= 0.6 is 0 Å². The van der Waals surface area contributed by atoms with Crippen molar-refractivity contribution in [3.63, 3.8) is 0 Å². The van der Waals surface area contributed by atoms with Gasteiger partial charge in [0.1, 0.15) is 16.8 Å². The zero-order valence-corrected chi connectivity index (χ0v) is 34.2. The number of aliphatic hydroxyl groups excluding tert-OH is 1. The van der Waals surface area contributed by atoms with Gasteiger partial charge in [-0.2, -0.15) is 4.98 Å². The van der Waals surface area contributed by atoms with Crippen LogP contribution < -0.4 is 26.0 Å². The van der Waals surface area contributed by atoms with E-state index < -0.39 is 11.0 Å². The number of fused-ring (bicyclic) bond motifs is 2. The van der Waals surface area contributed by atoms with Crippen molar-refractivity contribution < 1.29 is 28.5 Å². The van der Waals surface area contributed by atoms with Crippen molar-refractivity contribution in [1.29, 1.82) is 0 Å². The first-order valence-electron chi connectivity index (χ1n) is 20.9. The van der Waals surface area contributed by atoms with E-state index in [1.165, 1.54) is 51.4 Å². The number of aryl methyl sites for hydroxylation is 1. The average molecular weight is 813 g/mol. The van der Waals surface area contributed by atoms with Gasteiger partial charge in [-0.25, -0.2) is 14.3 Å². The fourth-order valence-electron chi connectivity index (χ4n) is 8.75. The molecule has 3 saturated carbocycles. The number of aliphatic hydroxyl groups is 1. The number of nitrogens with two attached hydrogens (primary N) is 1. The van der Waals surface area contributed by atoms with Crippen LogP contribution in [-0.2, 0) is 35.6 Å². The van der Waals surface area contributed by atoms with Crippen LogP contribution in [0.1, 0.15) is 112 Å². The first kappa shape index (κ1) is 41.6. The van der Waals surface area contributed by atoms with Crippen LogP contribution in [0.5, 0.6) is 0 Å². The molecule has 58 heavy (non-hydrogen) atoms. The van der Waals surface area contributed by atoms with Crippen LogP contribution in [0.3, 0.4) is 0 Å². The highest BCUT2D eigenvalue weighted by atomic mass is 32.2. The van der Waals surface area contributed by atoms with Gasteiger partial charge in [0.25, 0.3) is 0 Å². The van der Waals surface area contributed by atoms with Crippen molar-refractivity contribution in [3.05, 3.63) is 65.4 Å². The second kappa shape index (κ2) is 18.6. The molecule has 15 heteroatoms. The van der Waals surface area contributed by atoms with E-state index in [0.29, 0.717) is 42.6 Å². The molecule has 6 N–H and O–H groups in total. The minimum Gasteiger partial charge on any atom is -0.393 e. The lowest BCUT2D eigenvalue weighted by Crippen LogP contribution is -2.51. The Morgan fingerprint density at radius 3 is 2.22 bits per heavy atom. The van der Waals surface area contributed by atoms with Gasteiger partial charge in [-0.15, -0.1) is 0 Å². The number of hydrogen-bond donors (Lipinski definition) is 5. The number of carbonyl (C=O) groups excluding carboxylic acids is 4. The lowest BCUT2D eigenvalue weighted by molar-refractivity contribution is -0.134. The summed E-state index contributed by atoms with van der Waals surface area (Å²) in [4.78, 5) is 61.5. The predicted octanol–water partition coefficient (Wildman–Crippen LogP) is 5.24. The summed E-state index contributed by atoms with van der Waals surface area (Å²) in [6.07, 6.45) is 16.9. The zero-order chi connectivity index (χ0) is 40.8. The number of carbonyl (C=O) groups is 4. The Labute approximate surface area is 342 Å². The van der Waals surface area contributed by atoms with Gasteiger partial charge in [0.15, 0.2) is 0 Å². The van der Waals surface area contributed by atoms with E-state index in [-0.39, 0.29) is 41.1 Å². The van der Waals surface area contributed by atoms with Crippen LogP contribution in [-0.4, -0.2) is 80.1 Å². The van der Waals surface area contributed by atoms with E-state index in [2.05, 4.69) is 30.8 Å². The van der Waals surface area contributed by atoms with E-state index in [4.69, 9.17) is 10.2 Å². The van der Waals surface area contributed by atoms with Gasteiger partial charge in [-0.05, 0) is 99.2 Å². The van der Waals surface area contributed by atoms with E-state index in [0.717, 1.165) is 72.8 Å². The SMILES string of the molecule is Cc1cc(S(N)=O)ccc1Nc1ncc2c(n1)NC(=O)C21CC1.O=C1CCC(c2ccc(N3CCN(CC4CCCCC4)CC3=O)cc2)C(=O)N1.OC1CCCCC1. The summed E-state index contributed by atoms with van der Waals surface area (Å²) < 4.78 is 11.3. The molecule has 0 radical (unpaired) electrons. The average Bonchev–Trinajstić information content (AvgIpc) is 3.97. The molecule has 4 amide bonds. The number of rotatable bonds is 7. The molecule has 5 fully saturated rings. The molecule has 2 unspecified atom stereocenters. The normalized spacial score (nSPS) is 22.5. The summed E-state index contributed by atoms with van der Waals surface area (Å²) in [5, 5.41) is 22.6. The van der Waals surface area contributed by atoms with E-state index >= 15 is 0 Å². The quantitative estimate of drug-likeness (QED) is 0.197. The molecule has 9 rings (SSSR count). The molecule has 0 bridgehead atoms. The highest BCUT2D eigenvalue weighted by molar-refractivity contribution is 7.82. The van der Waals surface area contributed by atoms with E-state index in [9.17, 15) is 23.4 Å². The highest BCUT2D eigenvalue weighted by Gasteiger charge is 2.57. The van der Waals surface area contributed by atoms with E-state index in [1.54, 1.807) is 24.4 Å². The molecule has 3 aromatic rings. The standard InChI is InChI=1S/C22H29N3O3.C15H15N5O2S.C6H12O/c26-20-11-10-19(22(28)23-20)17-6-8-18(9-7-17)25-13-12-24(15-21(25)27)14-16-4-2-1-3-5-16;1-8-6-9(23(16)22)2-3-11(8)18-14-17-7-10-12(20-14)19-13(21)15(10)4-5-15;7-6-4-2-1-3-5-6/h6-9,16,19H,1-5,10-15H2,(H,23,26,28);2-3,6-7H,4-5,16H2,1H3,(H2,17,18,19,20,21);6-7H,1-5H2. The Bertz CT molecular complexity index is 2010. The molecule has 1 aromatic heterocycles. The fraction of sp³-hybridized carbons (Fsp3) is 0.535. The first-order chi connectivity index (χ1) is 28.0. The Morgan fingerprint density at radius 2 is 1.62 bits per heavy atom. The monoisotopic (exact) mass is 812 g/mol. The third-order valence-corrected chi connectivity index (χ3v) is 13.1. The third kappa shape index (κ3) is 9.99. The molecule has 1 spiro atoms. The molecule has 6 aliphatic rings. The number of benzene rings is 2. The number of piperidine rings is 1. The van der Waals surface area contributed by atoms with Crippen molar-refractivity contribution >= 4 is 57.8 Å². The van der Waals surface area contributed by atoms with Gasteiger partial charge in [0, 0.05) is 49.2 Å². The van der Waals surface area contributed by atoms with Gasteiger partial charge in [0.2, 0.25) is 29.6 Å². The summed E-state index contributed by atoms with van der Waals surface area (Å²) in [6, 6.07) is 12.9.